The predicted octanol–water partition coefficient (Wildman–Crippen LogP) is 2.86. The van der Waals surface area contributed by atoms with E-state index in [1.165, 1.54) is 16.7 Å². The zero-order valence-electron chi connectivity index (χ0n) is 18.2. The van der Waals surface area contributed by atoms with E-state index in [0.29, 0.717) is 31.9 Å². The van der Waals surface area contributed by atoms with Crippen LogP contribution in [-0.4, -0.2) is 72.7 Å². The lowest BCUT2D eigenvalue weighted by molar-refractivity contribution is -0.120. The molecule has 5 nitrogen and oxygen atoms in total. The van der Waals surface area contributed by atoms with Crippen molar-refractivity contribution in [1.82, 2.24) is 9.80 Å². The molecule has 1 N–H and O–H groups in total. The van der Waals surface area contributed by atoms with Crippen LogP contribution in [0.5, 0.6) is 5.75 Å². The number of Topliss-reactive ketones (excluding diaryl/α,β-unsaturated/α-hetero) is 1. The highest BCUT2D eigenvalue weighted by atomic mass is 16.5. The van der Waals surface area contributed by atoms with Gasteiger partial charge in [0.05, 0.1) is 6.54 Å². The van der Waals surface area contributed by atoms with Crippen molar-refractivity contribution in [3.05, 3.63) is 65.2 Å². The predicted molar refractivity (Wildman–Crippen MR) is 120 cm³/mol. The molecule has 0 radical (unpaired) electrons. The van der Waals surface area contributed by atoms with Gasteiger partial charge in [0.1, 0.15) is 24.2 Å². The number of aliphatic hydroxyl groups is 1. The number of ether oxygens (including phenoxy) is 1. The molecule has 1 fully saturated rings. The Balaban J connectivity index is 1.30. The van der Waals surface area contributed by atoms with Crippen molar-refractivity contribution in [2.45, 2.75) is 32.8 Å². The van der Waals surface area contributed by atoms with Gasteiger partial charge in [-0.3, -0.25) is 14.6 Å². The summed E-state index contributed by atoms with van der Waals surface area (Å²) in [6, 6.07) is 16.3. The molecule has 162 valence electrons. The van der Waals surface area contributed by atoms with Crippen LogP contribution >= 0.6 is 0 Å². The zero-order chi connectivity index (χ0) is 21.3. The van der Waals surface area contributed by atoms with Gasteiger partial charge in [-0.2, -0.15) is 0 Å². The number of hydrogen-bond donors (Lipinski definition) is 1. The van der Waals surface area contributed by atoms with Crippen molar-refractivity contribution in [3.63, 3.8) is 0 Å². The molecule has 0 saturated carbocycles. The highest BCUT2D eigenvalue weighted by molar-refractivity contribution is 5.80. The number of nitrogens with zero attached hydrogens (tertiary/aromatic N) is 2. The maximum atomic E-state index is 12.3. The van der Waals surface area contributed by atoms with Crippen LogP contribution in [0.25, 0.3) is 0 Å². The number of β-amino-alcohol motifs (C(OH)–C–C–N with tert-alkyl or cyclic N) is 1. The second-order valence-electron chi connectivity index (χ2n) is 8.38. The standard InChI is InChI=1S/C25H34N2O3/c1-20-3-7-22(8-4-20)9-10-23(28)17-26-13-15-27(16-14-26)18-24(29)19-30-25-11-5-21(2)6-12-25/h3-8,11-12,24,29H,9-10,13-19H2,1-2H3/t24-/m1/s1. The summed E-state index contributed by atoms with van der Waals surface area (Å²) in [6.07, 6.45) is 0.888. The first-order valence-corrected chi connectivity index (χ1v) is 10.9. The van der Waals surface area contributed by atoms with Crippen molar-refractivity contribution in [2.75, 3.05) is 45.9 Å². The molecule has 1 saturated heterocycles. The Morgan fingerprint density at radius 2 is 1.50 bits per heavy atom. The molecular formula is C25H34N2O3. The number of piperazine rings is 1. The smallest absolute Gasteiger partial charge is 0.147 e. The molecule has 0 aliphatic carbocycles. The molecule has 1 heterocycles. The molecule has 0 bridgehead atoms. The van der Waals surface area contributed by atoms with E-state index in [0.717, 1.165) is 38.3 Å². The quantitative estimate of drug-likeness (QED) is 0.653. The van der Waals surface area contributed by atoms with Crippen LogP contribution in [-0.2, 0) is 11.2 Å². The fraction of sp³-hybridized carbons (Fsp3) is 0.480. The van der Waals surface area contributed by atoms with Gasteiger partial charge in [-0.25, -0.2) is 0 Å². The van der Waals surface area contributed by atoms with E-state index < -0.39 is 6.10 Å². The Labute approximate surface area is 180 Å². The second-order valence-corrected chi connectivity index (χ2v) is 8.38. The van der Waals surface area contributed by atoms with E-state index in [4.69, 9.17) is 4.74 Å². The van der Waals surface area contributed by atoms with Crippen molar-refractivity contribution < 1.29 is 14.6 Å². The Hall–Kier alpha value is -2.21. The number of aryl methyl sites for hydroxylation is 3. The van der Waals surface area contributed by atoms with Crippen LogP contribution in [0.1, 0.15) is 23.1 Å². The zero-order valence-corrected chi connectivity index (χ0v) is 18.2. The summed E-state index contributed by atoms with van der Waals surface area (Å²) in [5.74, 6) is 1.09. The summed E-state index contributed by atoms with van der Waals surface area (Å²) in [6.45, 7) is 8.99. The number of hydrogen-bond acceptors (Lipinski definition) is 5. The van der Waals surface area contributed by atoms with Crippen LogP contribution in [0.4, 0.5) is 0 Å². The number of rotatable bonds is 10. The average molecular weight is 411 g/mol. The Kier molecular flexibility index (Phi) is 8.43. The van der Waals surface area contributed by atoms with Crippen LogP contribution in [0.2, 0.25) is 0 Å². The molecular weight excluding hydrogens is 376 g/mol. The first kappa shape index (κ1) is 22.5. The van der Waals surface area contributed by atoms with Crippen molar-refractivity contribution in [1.29, 1.82) is 0 Å². The van der Waals surface area contributed by atoms with Crippen LogP contribution in [0, 0.1) is 13.8 Å². The minimum Gasteiger partial charge on any atom is -0.491 e. The minimum absolute atomic E-state index is 0.292. The fourth-order valence-electron chi connectivity index (χ4n) is 3.67. The maximum Gasteiger partial charge on any atom is 0.147 e. The van der Waals surface area contributed by atoms with Gasteiger partial charge in [0.25, 0.3) is 0 Å². The highest BCUT2D eigenvalue weighted by Gasteiger charge is 2.21. The maximum absolute atomic E-state index is 12.3. The Morgan fingerprint density at radius 3 is 2.13 bits per heavy atom. The van der Waals surface area contributed by atoms with Gasteiger partial charge in [0.15, 0.2) is 0 Å². The van der Waals surface area contributed by atoms with E-state index in [1.54, 1.807) is 0 Å². The van der Waals surface area contributed by atoms with Crippen LogP contribution in [0.3, 0.4) is 0 Å². The van der Waals surface area contributed by atoms with Crippen molar-refractivity contribution in [2.24, 2.45) is 0 Å². The van der Waals surface area contributed by atoms with E-state index in [2.05, 4.69) is 41.0 Å². The number of carbonyl (C=O) groups is 1. The van der Waals surface area contributed by atoms with E-state index >= 15 is 0 Å². The van der Waals surface area contributed by atoms with Gasteiger partial charge in [-0.15, -0.1) is 0 Å². The van der Waals surface area contributed by atoms with Gasteiger partial charge in [-0.1, -0.05) is 47.5 Å². The minimum atomic E-state index is -0.519. The van der Waals surface area contributed by atoms with Gasteiger partial charge < -0.3 is 9.84 Å². The van der Waals surface area contributed by atoms with Crippen molar-refractivity contribution >= 4 is 5.78 Å². The average Bonchev–Trinajstić information content (AvgIpc) is 2.74. The summed E-state index contributed by atoms with van der Waals surface area (Å²) >= 11 is 0. The molecule has 1 aliphatic rings. The Morgan fingerprint density at radius 1 is 0.933 bits per heavy atom. The lowest BCUT2D eigenvalue weighted by Gasteiger charge is -2.35. The lowest BCUT2D eigenvalue weighted by atomic mass is 10.1. The summed E-state index contributed by atoms with van der Waals surface area (Å²) in [7, 11) is 0. The normalized spacial score (nSPS) is 16.4. The number of benzene rings is 2. The third-order valence-electron chi connectivity index (χ3n) is 5.61. The summed E-state index contributed by atoms with van der Waals surface area (Å²) < 4.78 is 5.68. The summed E-state index contributed by atoms with van der Waals surface area (Å²) in [4.78, 5) is 16.8. The molecule has 1 atom stereocenters. The molecule has 2 aromatic carbocycles. The summed E-state index contributed by atoms with van der Waals surface area (Å²) in [5, 5.41) is 10.3. The second kappa shape index (κ2) is 11.3. The van der Waals surface area contributed by atoms with Crippen LogP contribution in [0.15, 0.2) is 48.5 Å². The first-order chi connectivity index (χ1) is 14.5. The largest absolute Gasteiger partial charge is 0.491 e. The molecule has 0 amide bonds. The van der Waals surface area contributed by atoms with Gasteiger partial charge in [-0.05, 0) is 38.0 Å². The first-order valence-electron chi connectivity index (χ1n) is 10.9. The molecule has 0 spiro atoms. The van der Waals surface area contributed by atoms with Crippen molar-refractivity contribution in [3.8, 4) is 5.75 Å². The number of carbonyl (C=O) groups excluding carboxylic acids is 1. The summed E-state index contributed by atoms with van der Waals surface area (Å²) in [5.41, 5.74) is 3.66. The topological polar surface area (TPSA) is 53.0 Å². The van der Waals surface area contributed by atoms with E-state index in [-0.39, 0.29) is 0 Å². The van der Waals surface area contributed by atoms with E-state index in [9.17, 15) is 9.90 Å². The van der Waals surface area contributed by atoms with Gasteiger partial charge in [0, 0.05) is 39.1 Å². The highest BCUT2D eigenvalue weighted by Crippen LogP contribution is 2.12. The van der Waals surface area contributed by atoms with Crippen LogP contribution < -0.4 is 4.74 Å². The third-order valence-corrected chi connectivity index (χ3v) is 5.61. The Bertz CT molecular complexity index is 781. The monoisotopic (exact) mass is 410 g/mol. The molecule has 0 unspecified atom stereocenters. The van der Waals surface area contributed by atoms with E-state index in [1.807, 2.05) is 31.2 Å². The van der Waals surface area contributed by atoms with Gasteiger partial charge >= 0.3 is 0 Å². The van der Waals surface area contributed by atoms with Gasteiger partial charge in [0.2, 0.25) is 0 Å². The number of aliphatic hydroxyl groups excluding tert-OH is 1. The fourth-order valence-corrected chi connectivity index (χ4v) is 3.67. The molecule has 30 heavy (non-hydrogen) atoms. The molecule has 1 aliphatic heterocycles. The SMILES string of the molecule is Cc1ccc(CCC(=O)CN2CCN(C[C@@H](O)COc3ccc(C)cc3)CC2)cc1. The molecule has 2 aromatic rings. The third kappa shape index (κ3) is 7.56. The lowest BCUT2D eigenvalue weighted by Crippen LogP contribution is -2.50. The molecule has 5 heteroatoms. The molecule has 3 rings (SSSR count). The number of ketones is 1. The molecule has 0 aromatic heterocycles.